The molecule has 1 atom stereocenters. The molecule has 2 N–H and O–H groups in total. The zero-order valence-electron chi connectivity index (χ0n) is 11.8. The van der Waals surface area contributed by atoms with E-state index in [1.807, 2.05) is 0 Å². The summed E-state index contributed by atoms with van der Waals surface area (Å²) in [5.74, 6) is 0.658. The van der Waals surface area contributed by atoms with Crippen molar-refractivity contribution >= 4 is 26.5 Å². The van der Waals surface area contributed by atoms with Crippen LogP contribution in [0, 0.1) is 5.92 Å². The number of ether oxygens (including phenoxy) is 1. The molecule has 118 valence electrons. The fraction of sp³-hybridized carbons (Fsp3) is 0.750. The zero-order chi connectivity index (χ0) is 14.9. The normalized spacial score (nSPS) is 24.6. The largest absolute Gasteiger partial charge is 0.381 e. The lowest BCUT2D eigenvalue weighted by Gasteiger charge is -2.35. The summed E-state index contributed by atoms with van der Waals surface area (Å²) < 4.78 is 28.1. The lowest BCUT2D eigenvalue weighted by molar-refractivity contribution is 0.164. The molecule has 0 spiro atoms. The molecule has 2 saturated heterocycles. The van der Waals surface area contributed by atoms with Gasteiger partial charge in [-0.2, -0.15) is 0 Å². The Hall–Kier alpha value is -0.740. The number of sulfonamides is 1. The van der Waals surface area contributed by atoms with Crippen LogP contribution in [0.4, 0.5) is 5.13 Å². The second kappa shape index (κ2) is 6.17. The minimum Gasteiger partial charge on any atom is -0.381 e. The van der Waals surface area contributed by atoms with E-state index >= 15 is 0 Å². The Bertz CT molecular complexity index is 575. The van der Waals surface area contributed by atoms with Crippen molar-refractivity contribution in [1.29, 1.82) is 0 Å². The lowest BCUT2D eigenvalue weighted by Crippen LogP contribution is -2.47. The van der Waals surface area contributed by atoms with Gasteiger partial charge in [0, 0.05) is 39.3 Å². The van der Waals surface area contributed by atoms with E-state index in [1.165, 1.54) is 6.20 Å². The van der Waals surface area contributed by atoms with Gasteiger partial charge in [0.05, 0.1) is 12.8 Å². The molecule has 0 aromatic carbocycles. The highest BCUT2D eigenvalue weighted by Gasteiger charge is 2.24. The topological polar surface area (TPSA) is 88.8 Å². The van der Waals surface area contributed by atoms with Gasteiger partial charge in [0.15, 0.2) is 9.34 Å². The van der Waals surface area contributed by atoms with Crippen molar-refractivity contribution in [2.45, 2.75) is 10.6 Å². The Morgan fingerprint density at radius 1 is 1.38 bits per heavy atom. The van der Waals surface area contributed by atoms with E-state index in [-0.39, 0.29) is 4.21 Å². The predicted molar refractivity (Wildman–Crippen MR) is 81.1 cm³/mol. The highest BCUT2D eigenvalue weighted by Crippen LogP contribution is 2.26. The van der Waals surface area contributed by atoms with E-state index in [9.17, 15) is 8.42 Å². The van der Waals surface area contributed by atoms with E-state index in [0.29, 0.717) is 5.92 Å². The number of hydrogen-bond acceptors (Lipinski definition) is 7. The van der Waals surface area contributed by atoms with Crippen molar-refractivity contribution in [3.8, 4) is 0 Å². The summed E-state index contributed by atoms with van der Waals surface area (Å²) >= 11 is 1.14. The molecule has 7 nitrogen and oxygen atoms in total. The SMILES string of the molecule is NS(=O)(=O)c1cnc(N2CCN(CC3CCOC3)CC2)s1. The van der Waals surface area contributed by atoms with E-state index in [2.05, 4.69) is 14.8 Å². The van der Waals surface area contributed by atoms with Crippen molar-refractivity contribution < 1.29 is 13.2 Å². The van der Waals surface area contributed by atoms with Gasteiger partial charge < -0.3 is 9.64 Å². The third-order valence-corrected chi connectivity index (χ3v) is 6.40. The van der Waals surface area contributed by atoms with Crippen LogP contribution < -0.4 is 10.0 Å². The number of rotatable bonds is 4. The Balaban J connectivity index is 1.54. The summed E-state index contributed by atoms with van der Waals surface area (Å²) in [7, 11) is -3.64. The molecule has 2 aliphatic rings. The molecule has 1 aromatic heterocycles. The van der Waals surface area contributed by atoms with Crippen molar-refractivity contribution in [3.05, 3.63) is 6.20 Å². The Morgan fingerprint density at radius 3 is 2.71 bits per heavy atom. The lowest BCUT2D eigenvalue weighted by atomic mass is 10.1. The second-order valence-electron chi connectivity index (χ2n) is 5.52. The zero-order valence-corrected chi connectivity index (χ0v) is 13.4. The monoisotopic (exact) mass is 332 g/mol. The molecular weight excluding hydrogens is 312 g/mol. The smallest absolute Gasteiger partial charge is 0.249 e. The van der Waals surface area contributed by atoms with Crippen LogP contribution in [-0.2, 0) is 14.8 Å². The molecule has 0 amide bonds. The molecule has 0 saturated carbocycles. The number of nitrogens with zero attached hydrogens (tertiary/aromatic N) is 3. The van der Waals surface area contributed by atoms with Crippen LogP contribution in [0.25, 0.3) is 0 Å². The maximum atomic E-state index is 11.3. The number of anilines is 1. The molecule has 9 heteroatoms. The number of primary sulfonamides is 1. The molecule has 3 rings (SSSR count). The second-order valence-corrected chi connectivity index (χ2v) is 8.32. The summed E-state index contributed by atoms with van der Waals surface area (Å²) in [4.78, 5) is 8.76. The molecule has 21 heavy (non-hydrogen) atoms. The molecule has 0 bridgehead atoms. The van der Waals surface area contributed by atoms with Gasteiger partial charge in [0.25, 0.3) is 0 Å². The highest BCUT2D eigenvalue weighted by atomic mass is 32.2. The summed E-state index contributed by atoms with van der Waals surface area (Å²) in [5, 5.41) is 5.86. The van der Waals surface area contributed by atoms with Gasteiger partial charge in [0.1, 0.15) is 0 Å². The van der Waals surface area contributed by atoms with Gasteiger partial charge >= 0.3 is 0 Å². The van der Waals surface area contributed by atoms with Crippen LogP contribution in [0.5, 0.6) is 0 Å². The minimum absolute atomic E-state index is 0.128. The average Bonchev–Trinajstić information content (AvgIpc) is 3.09. The summed E-state index contributed by atoms with van der Waals surface area (Å²) in [6.45, 7) is 6.54. The molecule has 2 aliphatic heterocycles. The Kier molecular flexibility index (Phi) is 4.46. The van der Waals surface area contributed by atoms with Gasteiger partial charge in [-0.05, 0) is 12.3 Å². The quantitative estimate of drug-likeness (QED) is 0.831. The molecule has 2 fully saturated rings. The van der Waals surface area contributed by atoms with Gasteiger partial charge in [-0.15, -0.1) is 0 Å². The first kappa shape index (κ1) is 15.2. The van der Waals surface area contributed by atoms with Crippen molar-refractivity contribution in [2.24, 2.45) is 11.1 Å². The van der Waals surface area contributed by atoms with Crippen molar-refractivity contribution in [2.75, 3.05) is 50.8 Å². The van der Waals surface area contributed by atoms with E-state index in [0.717, 1.165) is 68.8 Å². The molecule has 3 heterocycles. The molecule has 0 radical (unpaired) electrons. The minimum atomic E-state index is -3.64. The third-order valence-electron chi connectivity index (χ3n) is 3.94. The predicted octanol–water partition coefficient (Wildman–Crippen LogP) is -0.0510. The highest BCUT2D eigenvalue weighted by molar-refractivity contribution is 7.91. The number of piperazine rings is 1. The fourth-order valence-corrected chi connectivity index (χ4v) is 4.33. The van der Waals surface area contributed by atoms with Gasteiger partial charge in [0.2, 0.25) is 10.0 Å². The van der Waals surface area contributed by atoms with Crippen LogP contribution in [0.1, 0.15) is 6.42 Å². The summed E-state index contributed by atoms with van der Waals surface area (Å²) in [6.07, 6.45) is 2.50. The molecule has 1 aromatic rings. The first-order chi connectivity index (χ1) is 10.0. The molecule has 0 aliphatic carbocycles. The fourth-order valence-electron chi connectivity index (χ4n) is 2.74. The molecule has 1 unspecified atom stereocenters. The van der Waals surface area contributed by atoms with Gasteiger partial charge in [-0.25, -0.2) is 18.5 Å². The number of nitrogens with two attached hydrogens (primary N) is 1. The summed E-state index contributed by atoms with van der Waals surface area (Å²) in [5.41, 5.74) is 0. The maximum absolute atomic E-state index is 11.3. The van der Waals surface area contributed by atoms with Gasteiger partial charge in [-0.3, -0.25) is 4.90 Å². The standard InChI is InChI=1S/C12H20N4O3S2/c13-21(17,18)11-7-14-12(20-11)16-4-2-15(3-5-16)8-10-1-6-19-9-10/h7,10H,1-6,8-9H2,(H2,13,17,18). The van der Waals surface area contributed by atoms with Crippen LogP contribution in [0.3, 0.4) is 0 Å². The van der Waals surface area contributed by atoms with Crippen molar-refractivity contribution in [3.63, 3.8) is 0 Å². The number of thiazole rings is 1. The Labute approximate surface area is 128 Å². The average molecular weight is 332 g/mol. The summed E-state index contributed by atoms with van der Waals surface area (Å²) in [6, 6.07) is 0. The van der Waals surface area contributed by atoms with Crippen LogP contribution >= 0.6 is 11.3 Å². The Morgan fingerprint density at radius 2 is 2.14 bits per heavy atom. The van der Waals surface area contributed by atoms with Crippen molar-refractivity contribution in [1.82, 2.24) is 9.88 Å². The maximum Gasteiger partial charge on any atom is 0.249 e. The van der Waals surface area contributed by atoms with E-state index < -0.39 is 10.0 Å². The molecular formula is C12H20N4O3S2. The van der Waals surface area contributed by atoms with E-state index in [4.69, 9.17) is 9.88 Å². The van der Waals surface area contributed by atoms with E-state index in [1.54, 1.807) is 0 Å². The first-order valence-corrected chi connectivity index (χ1v) is 9.42. The number of aromatic nitrogens is 1. The third kappa shape index (κ3) is 3.72. The number of hydrogen-bond donors (Lipinski definition) is 1. The van der Waals surface area contributed by atoms with Crippen LogP contribution in [0.2, 0.25) is 0 Å². The van der Waals surface area contributed by atoms with Crippen LogP contribution in [0.15, 0.2) is 10.4 Å². The first-order valence-electron chi connectivity index (χ1n) is 7.06. The van der Waals surface area contributed by atoms with Gasteiger partial charge in [-0.1, -0.05) is 11.3 Å². The van der Waals surface area contributed by atoms with Crippen LogP contribution in [-0.4, -0.2) is 64.2 Å².